The zero-order chi connectivity index (χ0) is 20.9. The minimum Gasteiger partial charge on any atom is -0.396 e. The second-order valence-corrected chi connectivity index (χ2v) is 8.50. The molecule has 1 aliphatic rings. The number of aryl methyl sites for hydroxylation is 1. The first-order valence-corrected chi connectivity index (χ1v) is 10.9. The highest BCUT2D eigenvalue weighted by molar-refractivity contribution is 6.30. The molecule has 6 heteroatoms. The van der Waals surface area contributed by atoms with Gasteiger partial charge >= 0.3 is 0 Å². The fourth-order valence-electron chi connectivity index (χ4n) is 4.17. The van der Waals surface area contributed by atoms with E-state index in [1.54, 1.807) is 6.20 Å². The number of hydrogen-bond donors (Lipinski definition) is 1. The van der Waals surface area contributed by atoms with Gasteiger partial charge in [0.2, 0.25) is 0 Å². The summed E-state index contributed by atoms with van der Waals surface area (Å²) in [4.78, 5) is 9.45. The summed E-state index contributed by atoms with van der Waals surface area (Å²) in [6, 6.07) is 17.1. The van der Waals surface area contributed by atoms with Crippen LogP contribution in [0.4, 0.5) is 0 Å². The highest BCUT2D eigenvalue weighted by atomic mass is 35.5. The van der Waals surface area contributed by atoms with E-state index < -0.39 is 0 Å². The quantitative estimate of drug-likeness (QED) is 0.624. The van der Waals surface area contributed by atoms with Crippen LogP contribution in [0.5, 0.6) is 0 Å². The highest BCUT2D eigenvalue weighted by Crippen LogP contribution is 2.20. The third-order valence-corrected chi connectivity index (χ3v) is 6.06. The lowest BCUT2D eigenvalue weighted by Crippen LogP contribution is -2.52. The van der Waals surface area contributed by atoms with Crippen molar-refractivity contribution in [1.29, 1.82) is 0 Å². The topological polar surface area (TPSA) is 44.5 Å². The van der Waals surface area contributed by atoms with E-state index in [-0.39, 0.29) is 6.61 Å². The van der Waals surface area contributed by atoms with E-state index in [1.807, 2.05) is 18.3 Å². The van der Waals surface area contributed by atoms with Gasteiger partial charge in [-0.15, -0.1) is 0 Å². The lowest BCUT2D eigenvalue weighted by molar-refractivity contribution is 0.0492. The van der Waals surface area contributed by atoms with Crippen molar-refractivity contribution >= 4 is 11.6 Å². The highest BCUT2D eigenvalue weighted by Gasteiger charge is 2.27. The molecule has 2 aromatic heterocycles. The Morgan fingerprint density at radius 2 is 1.90 bits per heavy atom. The van der Waals surface area contributed by atoms with Gasteiger partial charge in [-0.25, -0.2) is 4.98 Å². The molecule has 3 aromatic rings. The Labute approximate surface area is 183 Å². The molecule has 0 unspecified atom stereocenters. The molecule has 1 aliphatic heterocycles. The number of aliphatic hydroxyl groups excluding tert-OH is 1. The van der Waals surface area contributed by atoms with E-state index in [4.69, 9.17) is 11.6 Å². The van der Waals surface area contributed by atoms with Gasteiger partial charge < -0.3 is 9.67 Å². The van der Waals surface area contributed by atoms with Crippen molar-refractivity contribution in [2.45, 2.75) is 32.5 Å². The number of aromatic nitrogens is 2. The van der Waals surface area contributed by atoms with E-state index in [1.165, 1.54) is 16.8 Å². The zero-order valence-electron chi connectivity index (χ0n) is 17.4. The van der Waals surface area contributed by atoms with Crippen LogP contribution in [-0.4, -0.2) is 56.7 Å². The molecule has 30 heavy (non-hydrogen) atoms. The molecule has 0 radical (unpaired) electrons. The molecule has 1 N–H and O–H groups in total. The van der Waals surface area contributed by atoms with Crippen molar-refractivity contribution < 1.29 is 5.11 Å². The van der Waals surface area contributed by atoms with Gasteiger partial charge in [-0.2, -0.15) is 0 Å². The molecule has 0 bridgehead atoms. The smallest absolute Gasteiger partial charge is 0.136 e. The Bertz CT molecular complexity index is 939. The van der Waals surface area contributed by atoms with Crippen molar-refractivity contribution in [1.82, 2.24) is 19.4 Å². The van der Waals surface area contributed by atoms with E-state index in [0.29, 0.717) is 11.1 Å². The molecule has 1 fully saturated rings. The Hall–Kier alpha value is -2.18. The first-order valence-electron chi connectivity index (χ1n) is 10.5. The molecule has 5 nitrogen and oxygen atoms in total. The van der Waals surface area contributed by atoms with Crippen molar-refractivity contribution in [2.24, 2.45) is 0 Å². The molecule has 0 spiro atoms. The minimum absolute atomic E-state index is 0.216. The molecule has 0 saturated carbocycles. The van der Waals surface area contributed by atoms with Gasteiger partial charge in [0.15, 0.2) is 0 Å². The maximum atomic E-state index is 9.63. The molecular weight excluding hydrogens is 396 g/mol. The van der Waals surface area contributed by atoms with E-state index in [2.05, 4.69) is 62.7 Å². The molecule has 4 rings (SSSR count). The van der Waals surface area contributed by atoms with Crippen LogP contribution in [0, 0.1) is 6.92 Å². The van der Waals surface area contributed by atoms with Crippen molar-refractivity contribution in [3.63, 3.8) is 0 Å². The maximum Gasteiger partial charge on any atom is 0.136 e. The van der Waals surface area contributed by atoms with Crippen molar-refractivity contribution in [3.8, 4) is 5.82 Å². The van der Waals surface area contributed by atoms with Gasteiger partial charge in [0.25, 0.3) is 0 Å². The van der Waals surface area contributed by atoms with Crippen molar-refractivity contribution in [3.05, 3.63) is 82.8 Å². The summed E-state index contributed by atoms with van der Waals surface area (Å²) in [5.41, 5.74) is 3.83. The summed E-state index contributed by atoms with van der Waals surface area (Å²) < 4.78 is 2.12. The summed E-state index contributed by atoms with van der Waals surface area (Å²) in [5, 5.41) is 10.3. The third kappa shape index (κ3) is 5.10. The predicted octanol–water partition coefficient (Wildman–Crippen LogP) is 3.90. The monoisotopic (exact) mass is 424 g/mol. The summed E-state index contributed by atoms with van der Waals surface area (Å²) in [6.07, 6.45) is 4.52. The maximum absolute atomic E-state index is 9.63. The van der Waals surface area contributed by atoms with Crippen molar-refractivity contribution in [2.75, 3.05) is 26.2 Å². The normalized spacial score (nSPS) is 18.0. The van der Waals surface area contributed by atoms with E-state index in [9.17, 15) is 5.11 Å². The average Bonchev–Trinajstić information content (AvgIpc) is 3.20. The SMILES string of the molecule is Cc1ccc(CN2CCN(Cc3cccn3-c3ccc(Cl)cn3)C[C@@H]2CCO)cc1. The lowest BCUT2D eigenvalue weighted by atomic mass is 10.1. The van der Waals surface area contributed by atoms with Crippen LogP contribution in [0.2, 0.25) is 5.02 Å². The number of aliphatic hydroxyl groups is 1. The largest absolute Gasteiger partial charge is 0.396 e. The number of nitrogens with zero attached hydrogens (tertiary/aromatic N) is 4. The number of pyridine rings is 1. The van der Waals surface area contributed by atoms with Crippen LogP contribution in [0.1, 0.15) is 23.2 Å². The van der Waals surface area contributed by atoms with Gasteiger partial charge in [-0.05, 0) is 43.2 Å². The third-order valence-electron chi connectivity index (χ3n) is 5.83. The molecule has 1 saturated heterocycles. The Kier molecular flexibility index (Phi) is 6.85. The van der Waals surface area contributed by atoms with Gasteiger partial charge in [0, 0.05) is 63.5 Å². The fraction of sp³-hybridized carbons (Fsp3) is 0.375. The molecule has 1 aromatic carbocycles. The lowest BCUT2D eigenvalue weighted by Gasteiger charge is -2.41. The summed E-state index contributed by atoms with van der Waals surface area (Å²) in [7, 11) is 0. The predicted molar refractivity (Wildman–Crippen MR) is 121 cm³/mol. The van der Waals surface area contributed by atoms with Crippen LogP contribution in [0.3, 0.4) is 0 Å². The van der Waals surface area contributed by atoms with E-state index >= 15 is 0 Å². The fourth-order valence-corrected chi connectivity index (χ4v) is 4.28. The molecule has 3 heterocycles. The average molecular weight is 425 g/mol. The molecule has 0 aliphatic carbocycles. The number of hydrogen-bond acceptors (Lipinski definition) is 4. The summed E-state index contributed by atoms with van der Waals surface area (Å²) >= 11 is 5.99. The van der Waals surface area contributed by atoms with Crippen LogP contribution in [0.15, 0.2) is 60.9 Å². The first-order chi connectivity index (χ1) is 14.6. The molecule has 0 amide bonds. The number of benzene rings is 1. The second kappa shape index (κ2) is 9.75. The van der Waals surface area contributed by atoms with Crippen LogP contribution >= 0.6 is 11.6 Å². The Balaban J connectivity index is 1.43. The Morgan fingerprint density at radius 3 is 2.63 bits per heavy atom. The molecule has 1 atom stereocenters. The zero-order valence-corrected chi connectivity index (χ0v) is 18.2. The van der Waals surface area contributed by atoms with Crippen LogP contribution in [0.25, 0.3) is 5.82 Å². The molecule has 158 valence electrons. The first kappa shape index (κ1) is 21.1. The number of piperazine rings is 1. The standard InChI is InChI=1S/C24H29ClN4O/c1-19-4-6-20(7-5-19)16-28-13-12-27(17-22(28)10-14-30)18-23-3-2-11-29(23)24-9-8-21(25)15-26-24/h2-9,11,15,22,30H,10,12-14,16-18H2,1H3/t22-/m0/s1. The molecular formula is C24H29ClN4O. The number of halogens is 1. The number of rotatable bonds is 7. The van der Waals surface area contributed by atoms with E-state index in [0.717, 1.165) is 45.0 Å². The summed E-state index contributed by atoms with van der Waals surface area (Å²) in [6.45, 7) is 7.08. The Morgan fingerprint density at radius 1 is 1.07 bits per heavy atom. The minimum atomic E-state index is 0.216. The van der Waals surface area contributed by atoms with Gasteiger partial charge in [-0.3, -0.25) is 9.80 Å². The van der Waals surface area contributed by atoms with Gasteiger partial charge in [-0.1, -0.05) is 41.4 Å². The van der Waals surface area contributed by atoms with Crippen LogP contribution < -0.4 is 0 Å². The summed E-state index contributed by atoms with van der Waals surface area (Å²) in [5.74, 6) is 0.879. The van der Waals surface area contributed by atoms with Gasteiger partial charge in [0.05, 0.1) is 5.02 Å². The van der Waals surface area contributed by atoms with Crippen LogP contribution in [-0.2, 0) is 13.1 Å². The second-order valence-electron chi connectivity index (χ2n) is 8.06. The van der Waals surface area contributed by atoms with Gasteiger partial charge in [0.1, 0.15) is 5.82 Å².